The fourth-order valence-electron chi connectivity index (χ4n) is 1.12. The predicted molar refractivity (Wildman–Crippen MR) is 39.9 cm³/mol. The van der Waals surface area contributed by atoms with Gasteiger partial charge in [0.1, 0.15) is 0 Å². The molecule has 0 fully saturated rings. The average Bonchev–Trinajstić information content (AvgIpc) is 2.36. The van der Waals surface area contributed by atoms with E-state index in [9.17, 15) is 0 Å². The number of aromatic hydroxyl groups is 2. The average molecular weight is 149 g/mol. The molecule has 1 heterocycles. The van der Waals surface area contributed by atoms with E-state index in [0.29, 0.717) is 6.54 Å². The molecule has 1 aliphatic rings. The molecule has 0 atom stereocenters. The first kappa shape index (κ1) is 6.22. The first-order valence-corrected chi connectivity index (χ1v) is 3.34. The minimum Gasteiger partial charge on any atom is -0.504 e. The Labute approximate surface area is 62.9 Å². The lowest BCUT2D eigenvalue weighted by Crippen LogP contribution is -2.20. The Kier molecular flexibility index (Phi) is 1.12. The van der Waals surface area contributed by atoms with Gasteiger partial charge in [0, 0.05) is 11.3 Å². The number of fused-ring (bicyclic) bond motifs is 1. The first-order chi connectivity index (χ1) is 5.27. The second-order valence-corrected chi connectivity index (χ2v) is 2.44. The van der Waals surface area contributed by atoms with Crippen molar-refractivity contribution in [3.8, 4) is 11.5 Å². The molecule has 3 heteroatoms. The topological polar surface area (TPSA) is 52.8 Å². The third-order valence-corrected chi connectivity index (χ3v) is 1.70. The molecule has 0 spiro atoms. The van der Waals surface area contributed by atoms with Crippen molar-refractivity contribution in [3.63, 3.8) is 0 Å². The Balaban J connectivity index is 2.88. The number of phenolic OH excluding ortho intramolecular Hbond substituents is 2. The van der Waals surface area contributed by atoms with E-state index in [1.54, 1.807) is 0 Å². The third-order valence-electron chi connectivity index (χ3n) is 1.70. The van der Waals surface area contributed by atoms with Gasteiger partial charge in [-0.15, -0.1) is 0 Å². The minimum absolute atomic E-state index is 0.0860. The van der Waals surface area contributed by atoms with Gasteiger partial charge in [-0.2, -0.15) is 0 Å². The van der Waals surface area contributed by atoms with Gasteiger partial charge in [-0.3, -0.25) is 4.99 Å². The molecule has 11 heavy (non-hydrogen) atoms. The van der Waals surface area contributed by atoms with Crippen LogP contribution < -0.4 is 10.6 Å². The molecule has 0 saturated heterocycles. The smallest absolute Gasteiger partial charge is 0.159 e. The van der Waals surface area contributed by atoms with E-state index in [-0.39, 0.29) is 11.5 Å². The molecule has 0 aromatic heterocycles. The second kappa shape index (κ2) is 1.99. The van der Waals surface area contributed by atoms with Crippen LogP contribution in [0, 0.1) is 0 Å². The van der Waals surface area contributed by atoms with Gasteiger partial charge in [0.2, 0.25) is 0 Å². The van der Waals surface area contributed by atoms with Crippen LogP contribution in [0.15, 0.2) is 17.1 Å². The normalized spacial score (nSPS) is 13.5. The summed E-state index contributed by atoms with van der Waals surface area (Å²) in [6.45, 7) is 0.637. The van der Waals surface area contributed by atoms with E-state index < -0.39 is 0 Å². The quantitative estimate of drug-likeness (QED) is 0.489. The maximum atomic E-state index is 9.07. The van der Waals surface area contributed by atoms with Crippen LogP contribution in [0.4, 0.5) is 0 Å². The number of hydrogen-bond donors (Lipinski definition) is 2. The maximum Gasteiger partial charge on any atom is 0.159 e. The molecule has 1 aliphatic heterocycles. The van der Waals surface area contributed by atoms with Gasteiger partial charge < -0.3 is 10.2 Å². The monoisotopic (exact) mass is 149 g/mol. The molecule has 0 bridgehead atoms. The predicted octanol–water partition coefficient (Wildman–Crippen LogP) is -0.489. The molecule has 0 unspecified atom stereocenters. The van der Waals surface area contributed by atoms with Crippen molar-refractivity contribution in [1.82, 2.24) is 0 Å². The van der Waals surface area contributed by atoms with Crippen LogP contribution in [-0.4, -0.2) is 16.8 Å². The number of rotatable bonds is 0. The summed E-state index contributed by atoms with van der Waals surface area (Å²) >= 11 is 0. The van der Waals surface area contributed by atoms with Crippen molar-refractivity contribution in [2.45, 2.75) is 0 Å². The van der Waals surface area contributed by atoms with Gasteiger partial charge in [0.25, 0.3) is 0 Å². The van der Waals surface area contributed by atoms with Gasteiger partial charge in [0.15, 0.2) is 11.5 Å². The standard InChI is InChI=1S/C8H7NO2/c10-7-3-5-1-2-9-6(5)4-8(7)11/h1,3-4,10-11H,2H2. The Morgan fingerprint density at radius 2 is 1.91 bits per heavy atom. The number of benzene rings is 1. The van der Waals surface area contributed by atoms with Gasteiger partial charge in [-0.25, -0.2) is 0 Å². The van der Waals surface area contributed by atoms with Crippen molar-refractivity contribution >= 4 is 6.08 Å². The van der Waals surface area contributed by atoms with Crippen molar-refractivity contribution in [3.05, 3.63) is 22.7 Å². The van der Waals surface area contributed by atoms with E-state index in [1.807, 2.05) is 6.08 Å². The highest BCUT2D eigenvalue weighted by Crippen LogP contribution is 2.18. The summed E-state index contributed by atoms with van der Waals surface area (Å²) in [5, 5.41) is 19.8. The molecular formula is C8H7NO2. The molecule has 0 amide bonds. The Hall–Kier alpha value is -1.51. The van der Waals surface area contributed by atoms with Gasteiger partial charge >= 0.3 is 0 Å². The Bertz CT molecular complexity index is 370. The molecule has 1 aromatic rings. The lowest BCUT2D eigenvalue weighted by molar-refractivity contribution is 0.402. The summed E-state index contributed by atoms with van der Waals surface area (Å²) in [4.78, 5) is 4.07. The molecule has 0 saturated carbocycles. The van der Waals surface area contributed by atoms with Crippen LogP contribution in [0.1, 0.15) is 0 Å². The Morgan fingerprint density at radius 3 is 2.73 bits per heavy atom. The van der Waals surface area contributed by atoms with E-state index in [2.05, 4.69) is 4.99 Å². The number of hydrogen-bond acceptors (Lipinski definition) is 3. The highest BCUT2D eigenvalue weighted by Gasteiger charge is 2.01. The fraction of sp³-hybridized carbons (Fsp3) is 0.125. The van der Waals surface area contributed by atoms with Crippen LogP contribution >= 0.6 is 0 Å². The summed E-state index contributed by atoms with van der Waals surface area (Å²) in [7, 11) is 0. The Morgan fingerprint density at radius 1 is 1.18 bits per heavy atom. The van der Waals surface area contributed by atoms with Gasteiger partial charge in [-0.05, 0) is 6.07 Å². The van der Waals surface area contributed by atoms with Gasteiger partial charge in [-0.1, -0.05) is 6.08 Å². The summed E-state index contributed by atoms with van der Waals surface area (Å²) in [5.74, 6) is -0.195. The molecule has 56 valence electrons. The largest absolute Gasteiger partial charge is 0.504 e. The SMILES string of the molecule is Oc1cc2c(cc1O)=NCC=2. The van der Waals surface area contributed by atoms with Crippen LogP contribution in [0.25, 0.3) is 6.08 Å². The number of nitrogens with zero attached hydrogens (tertiary/aromatic N) is 1. The van der Waals surface area contributed by atoms with Crippen molar-refractivity contribution in [1.29, 1.82) is 0 Å². The third kappa shape index (κ3) is 0.852. The summed E-state index contributed by atoms with van der Waals surface area (Å²) < 4.78 is 0. The maximum absolute atomic E-state index is 9.07. The van der Waals surface area contributed by atoms with Crippen LogP contribution in [0.2, 0.25) is 0 Å². The number of phenols is 2. The lowest BCUT2D eigenvalue weighted by atomic mass is 10.2. The molecule has 3 nitrogen and oxygen atoms in total. The fourth-order valence-corrected chi connectivity index (χ4v) is 1.12. The first-order valence-electron chi connectivity index (χ1n) is 3.34. The minimum atomic E-state index is -0.109. The van der Waals surface area contributed by atoms with Crippen molar-refractivity contribution in [2.75, 3.05) is 6.54 Å². The van der Waals surface area contributed by atoms with E-state index in [0.717, 1.165) is 10.6 Å². The van der Waals surface area contributed by atoms with Crippen molar-refractivity contribution < 1.29 is 10.2 Å². The van der Waals surface area contributed by atoms with E-state index >= 15 is 0 Å². The summed E-state index contributed by atoms with van der Waals surface area (Å²) in [6, 6.07) is 2.98. The molecule has 2 N–H and O–H groups in total. The van der Waals surface area contributed by atoms with Gasteiger partial charge in [0.05, 0.1) is 11.9 Å². The highest BCUT2D eigenvalue weighted by atomic mass is 16.3. The molecule has 2 rings (SSSR count). The highest BCUT2D eigenvalue weighted by molar-refractivity contribution is 5.42. The van der Waals surface area contributed by atoms with Crippen LogP contribution in [0.5, 0.6) is 11.5 Å². The van der Waals surface area contributed by atoms with E-state index in [4.69, 9.17) is 10.2 Å². The summed E-state index contributed by atoms with van der Waals surface area (Å²) in [6.07, 6.45) is 1.90. The zero-order valence-electron chi connectivity index (χ0n) is 5.78. The zero-order valence-corrected chi connectivity index (χ0v) is 5.78. The molecular weight excluding hydrogens is 142 g/mol. The lowest BCUT2D eigenvalue weighted by Gasteiger charge is -1.93. The van der Waals surface area contributed by atoms with Crippen LogP contribution in [0.3, 0.4) is 0 Å². The van der Waals surface area contributed by atoms with Crippen molar-refractivity contribution in [2.24, 2.45) is 4.99 Å². The van der Waals surface area contributed by atoms with Crippen LogP contribution in [-0.2, 0) is 0 Å². The zero-order chi connectivity index (χ0) is 7.84. The summed E-state index contributed by atoms with van der Waals surface area (Å²) in [5.41, 5.74) is 0. The van der Waals surface area contributed by atoms with E-state index in [1.165, 1.54) is 12.1 Å². The second-order valence-electron chi connectivity index (χ2n) is 2.44. The molecule has 0 radical (unpaired) electrons. The molecule has 0 aliphatic carbocycles. The molecule has 1 aromatic carbocycles.